The Labute approximate surface area is 201 Å². The fourth-order valence-corrected chi connectivity index (χ4v) is 4.69. The van der Waals surface area contributed by atoms with Crippen LogP contribution in [0.4, 0.5) is 0 Å². The van der Waals surface area contributed by atoms with Crippen LogP contribution in [-0.4, -0.2) is 37.1 Å². The molecule has 1 aliphatic heterocycles. The van der Waals surface area contributed by atoms with Crippen molar-refractivity contribution in [3.05, 3.63) is 96.0 Å². The Hall–Kier alpha value is -3.87. The van der Waals surface area contributed by atoms with Crippen LogP contribution in [0.3, 0.4) is 0 Å². The number of rotatable bonds is 7. The first-order valence-corrected chi connectivity index (χ1v) is 12.1. The van der Waals surface area contributed by atoms with Crippen molar-refractivity contribution in [3.63, 3.8) is 0 Å². The Kier molecular flexibility index (Phi) is 5.92. The van der Waals surface area contributed by atoms with E-state index in [1.807, 2.05) is 36.4 Å². The molecule has 0 amide bonds. The molecule has 34 heavy (non-hydrogen) atoms. The van der Waals surface area contributed by atoms with Gasteiger partial charge in [0.05, 0.1) is 11.4 Å². The van der Waals surface area contributed by atoms with Gasteiger partial charge in [-0.05, 0) is 43.8 Å². The van der Waals surface area contributed by atoms with Gasteiger partial charge in [0, 0.05) is 29.3 Å². The molecule has 0 fully saturated rings. The maximum Gasteiger partial charge on any atom is 0.375 e. The molecule has 0 aliphatic carbocycles. The molecule has 0 saturated heterocycles. The van der Waals surface area contributed by atoms with E-state index in [1.165, 1.54) is 5.70 Å². The molecular formula is C27H30BN6. The third-order valence-corrected chi connectivity index (χ3v) is 6.54. The van der Waals surface area contributed by atoms with E-state index in [-0.39, 0.29) is 0 Å². The standard InChI is InChI=1S/C27H30BN6/c1-5-24-19-25(6-2)34(29-24)28(32-20(3)17-26(30-32)22-13-9-7-10-14-22)33-21(4)18-27(31-33)23-15-11-8-12-16-23/h7-19,28H,5-6H2,1-4H3. The van der Waals surface area contributed by atoms with E-state index < -0.39 is 7.12 Å². The van der Waals surface area contributed by atoms with Crippen LogP contribution < -0.4 is 5.10 Å². The summed E-state index contributed by atoms with van der Waals surface area (Å²) in [5.74, 6) is 0. The van der Waals surface area contributed by atoms with Crippen molar-refractivity contribution in [1.82, 2.24) is 29.4 Å². The predicted molar refractivity (Wildman–Crippen MR) is 140 cm³/mol. The first-order chi connectivity index (χ1) is 16.6. The summed E-state index contributed by atoms with van der Waals surface area (Å²) >= 11 is 0. The van der Waals surface area contributed by atoms with Crippen molar-refractivity contribution in [3.8, 4) is 22.5 Å². The first kappa shape index (κ1) is 22.0. The van der Waals surface area contributed by atoms with E-state index >= 15 is 0 Å². The summed E-state index contributed by atoms with van der Waals surface area (Å²) in [6.45, 7) is 8.56. The lowest BCUT2D eigenvalue weighted by molar-refractivity contribution is 0.465. The van der Waals surface area contributed by atoms with Crippen LogP contribution in [0, 0.1) is 13.8 Å². The van der Waals surface area contributed by atoms with Crippen molar-refractivity contribution in [2.24, 2.45) is 0 Å². The van der Waals surface area contributed by atoms with Gasteiger partial charge in [-0.25, -0.2) is 15.1 Å². The maximum atomic E-state index is 5.10. The van der Waals surface area contributed by atoms with Gasteiger partial charge in [0.2, 0.25) is 0 Å². The highest BCUT2D eigenvalue weighted by Crippen LogP contribution is 2.25. The quantitative estimate of drug-likeness (QED) is 0.379. The normalized spacial score (nSPS) is 13.5. The van der Waals surface area contributed by atoms with Gasteiger partial charge >= 0.3 is 7.12 Å². The van der Waals surface area contributed by atoms with E-state index in [2.05, 4.69) is 84.3 Å². The molecule has 4 aromatic rings. The fourth-order valence-electron chi connectivity index (χ4n) is 4.69. The third kappa shape index (κ3) is 3.98. The Bertz CT molecular complexity index is 1270. The third-order valence-electron chi connectivity index (χ3n) is 6.54. The molecule has 0 atom stereocenters. The number of aromatic nitrogens is 4. The molecule has 0 N–H and O–H groups in total. The highest BCUT2D eigenvalue weighted by Gasteiger charge is 2.35. The molecule has 0 saturated carbocycles. The molecule has 0 unspecified atom stereocenters. The van der Waals surface area contributed by atoms with Gasteiger partial charge in [0.1, 0.15) is 5.10 Å². The minimum Gasteiger partial charge on any atom is -0.397 e. The van der Waals surface area contributed by atoms with Crippen molar-refractivity contribution in [1.29, 1.82) is 0 Å². The average molecular weight is 449 g/mol. The van der Waals surface area contributed by atoms with Gasteiger partial charge in [-0.1, -0.05) is 74.5 Å². The number of nitrogens with zero attached hydrogens (tertiary/aromatic N) is 6. The predicted octanol–water partition coefficient (Wildman–Crippen LogP) is 4.86. The van der Waals surface area contributed by atoms with Crippen LogP contribution in [0.2, 0.25) is 0 Å². The van der Waals surface area contributed by atoms with Crippen LogP contribution in [0.15, 0.2) is 84.6 Å². The summed E-state index contributed by atoms with van der Waals surface area (Å²) in [5, 5.41) is 15.2. The number of allylic oxidation sites excluding steroid dienone is 2. The molecule has 7 heteroatoms. The lowest BCUT2D eigenvalue weighted by Crippen LogP contribution is -2.52. The molecule has 0 spiro atoms. The van der Waals surface area contributed by atoms with Crippen LogP contribution >= 0.6 is 0 Å². The van der Waals surface area contributed by atoms with Gasteiger partial charge in [-0.15, -0.1) is 0 Å². The van der Waals surface area contributed by atoms with Crippen LogP contribution in [0.25, 0.3) is 22.5 Å². The lowest BCUT2D eigenvalue weighted by Gasteiger charge is -2.31. The zero-order valence-electron chi connectivity index (χ0n) is 20.3. The minimum absolute atomic E-state index is 0.896. The van der Waals surface area contributed by atoms with Crippen molar-refractivity contribution in [2.45, 2.75) is 40.5 Å². The minimum atomic E-state index is -1.47. The molecule has 2 aromatic carbocycles. The van der Waals surface area contributed by atoms with Gasteiger partial charge < -0.3 is 9.19 Å². The summed E-state index contributed by atoms with van der Waals surface area (Å²) in [5.41, 5.74) is 8.61. The summed E-state index contributed by atoms with van der Waals surface area (Å²) in [4.78, 5) is 2.17. The zero-order chi connectivity index (χ0) is 23.7. The maximum absolute atomic E-state index is 5.10. The number of benzene rings is 2. The fraction of sp³-hybridized carbons (Fsp3) is 0.222. The summed E-state index contributed by atoms with van der Waals surface area (Å²) in [6, 6.07) is 25.0. The summed E-state index contributed by atoms with van der Waals surface area (Å²) in [7, 11) is -1.47. The Balaban J connectivity index is 1.66. The van der Waals surface area contributed by atoms with E-state index in [9.17, 15) is 0 Å². The molecule has 1 aliphatic rings. The molecule has 171 valence electrons. The summed E-state index contributed by atoms with van der Waals surface area (Å²) in [6.07, 6.45) is 4.01. The molecule has 2 aromatic heterocycles. The van der Waals surface area contributed by atoms with E-state index in [1.54, 1.807) is 0 Å². The number of hydrogen-bond acceptors (Lipinski definition) is 4. The van der Waals surface area contributed by atoms with Crippen molar-refractivity contribution in [2.75, 3.05) is 0 Å². The van der Waals surface area contributed by atoms with Crippen LogP contribution in [0.1, 0.15) is 38.1 Å². The topological polar surface area (TPSA) is 53.0 Å². The molecular weight excluding hydrogens is 419 g/mol. The number of aryl methyl sites for hydroxylation is 2. The van der Waals surface area contributed by atoms with Gasteiger partial charge in [-0.3, -0.25) is 0 Å². The van der Waals surface area contributed by atoms with E-state index in [0.29, 0.717) is 0 Å². The summed E-state index contributed by atoms with van der Waals surface area (Å²) < 4.78 is 4.26. The Morgan fingerprint density at radius 3 is 1.68 bits per heavy atom. The second-order valence-corrected chi connectivity index (χ2v) is 8.83. The SMILES string of the molecule is CCC1=CC(CC)=[N+]N1[BH-](n1nc(-c2ccccc2)cc1C)n1nc(-c2ccccc2)cc1C. The van der Waals surface area contributed by atoms with Crippen molar-refractivity contribution >= 4 is 12.8 Å². The van der Waals surface area contributed by atoms with Gasteiger partial charge in [0.25, 0.3) is 5.71 Å². The van der Waals surface area contributed by atoms with Crippen LogP contribution in [0.5, 0.6) is 0 Å². The van der Waals surface area contributed by atoms with Crippen LogP contribution in [-0.2, 0) is 0 Å². The van der Waals surface area contributed by atoms with Crippen molar-refractivity contribution < 1.29 is 0 Å². The van der Waals surface area contributed by atoms with Gasteiger partial charge in [0.15, 0.2) is 0 Å². The van der Waals surface area contributed by atoms with E-state index in [4.69, 9.17) is 15.3 Å². The Morgan fingerprint density at radius 2 is 1.24 bits per heavy atom. The molecule has 6 nitrogen and oxygen atoms in total. The van der Waals surface area contributed by atoms with E-state index in [0.717, 1.165) is 52.5 Å². The smallest absolute Gasteiger partial charge is 0.375 e. The number of hydrogen-bond donors (Lipinski definition) is 0. The second kappa shape index (κ2) is 9.18. The monoisotopic (exact) mass is 449 g/mol. The zero-order valence-corrected chi connectivity index (χ0v) is 20.3. The highest BCUT2D eigenvalue weighted by atomic mass is 15.6. The first-order valence-electron chi connectivity index (χ1n) is 12.1. The lowest BCUT2D eigenvalue weighted by atomic mass is 9.90. The molecule has 0 bridgehead atoms. The second-order valence-electron chi connectivity index (χ2n) is 8.83. The molecule has 1 radical (unpaired) electrons. The Morgan fingerprint density at radius 1 is 0.735 bits per heavy atom. The highest BCUT2D eigenvalue weighted by molar-refractivity contribution is 6.52. The average Bonchev–Trinajstić information content (AvgIpc) is 3.58. The molecule has 3 heterocycles. The largest absolute Gasteiger partial charge is 0.397 e. The molecule has 5 rings (SSSR count). The number of hydrazone groups is 1. The van der Waals surface area contributed by atoms with Gasteiger partial charge in [-0.2, -0.15) is 0 Å².